The molecule has 1 aliphatic carbocycles. The molecule has 7 heteroatoms. The molecule has 0 radical (unpaired) electrons. The van der Waals surface area contributed by atoms with Gasteiger partial charge in [-0.15, -0.1) is 0 Å². The smallest absolute Gasteiger partial charge is 0.281 e. The first-order valence-electron chi connectivity index (χ1n) is 10.8. The molecule has 0 atom stereocenters. The number of pyridine rings is 1. The number of hydrogen-bond acceptors (Lipinski definition) is 5. The van der Waals surface area contributed by atoms with Gasteiger partial charge in [0.05, 0.1) is 16.8 Å². The highest BCUT2D eigenvalue weighted by molar-refractivity contribution is 5.92. The predicted molar refractivity (Wildman–Crippen MR) is 126 cm³/mol. The molecule has 1 N–H and O–H groups in total. The van der Waals surface area contributed by atoms with E-state index in [9.17, 15) is 4.79 Å². The molecule has 158 valence electrons. The molecule has 3 heterocycles. The first-order chi connectivity index (χ1) is 15.5. The number of hydrogen-bond donors (Lipinski definition) is 1. The molecule has 1 fully saturated rings. The fourth-order valence-electron chi connectivity index (χ4n) is 4.02. The second kappa shape index (κ2) is 7.02. The molecule has 0 saturated heterocycles. The van der Waals surface area contributed by atoms with Gasteiger partial charge in [-0.05, 0) is 55.7 Å². The zero-order valence-corrected chi connectivity index (χ0v) is 17.9. The largest absolute Gasteiger partial charge is 0.367 e. The Morgan fingerprint density at radius 2 is 1.75 bits per heavy atom. The zero-order chi connectivity index (χ0) is 21.8. The third-order valence-electron chi connectivity index (χ3n) is 5.84. The molecule has 6 rings (SSSR count). The molecule has 5 aromatic rings. The summed E-state index contributed by atoms with van der Waals surface area (Å²) in [4.78, 5) is 18.6. The van der Waals surface area contributed by atoms with E-state index in [4.69, 9.17) is 4.98 Å². The minimum Gasteiger partial charge on any atom is -0.367 e. The van der Waals surface area contributed by atoms with E-state index in [1.807, 2.05) is 74.8 Å². The van der Waals surface area contributed by atoms with Crippen molar-refractivity contribution in [1.82, 2.24) is 24.5 Å². The van der Waals surface area contributed by atoms with Crippen LogP contribution in [0.15, 0.2) is 65.6 Å². The molecule has 3 aromatic heterocycles. The topological polar surface area (TPSA) is 77.6 Å². The van der Waals surface area contributed by atoms with Gasteiger partial charge in [0.15, 0.2) is 0 Å². The van der Waals surface area contributed by atoms with Crippen molar-refractivity contribution in [2.75, 3.05) is 5.32 Å². The summed E-state index contributed by atoms with van der Waals surface area (Å²) in [5, 5.41) is 13.5. The van der Waals surface area contributed by atoms with Crippen molar-refractivity contribution in [1.29, 1.82) is 0 Å². The third-order valence-corrected chi connectivity index (χ3v) is 5.84. The van der Waals surface area contributed by atoms with Crippen molar-refractivity contribution in [3.63, 3.8) is 0 Å². The number of aromatic nitrogens is 5. The van der Waals surface area contributed by atoms with Gasteiger partial charge in [-0.1, -0.05) is 29.8 Å². The normalized spacial score (nSPS) is 13.7. The molecule has 0 unspecified atom stereocenters. The SMILES string of the molecule is Cc1ccc(-c2c(=O)n(-c3ccc4nn(C)cc4c3)nc3ccc(NC4CC4)nc23)cc1. The summed E-state index contributed by atoms with van der Waals surface area (Å²) in [6.07, 6.45) is 4.24. The highest BCUT2D eigenvalue weighted by Gasteiger charge is 2.22. The molecule has 32 heavy (non-hydrogen) atoms. The van der Waals surface area contributed by atoms with Crippen molar-refractivity contribution in [2.45, 2.75) is 25.8 Å². The number of fused-ring (bicyclic) bond motifs is 2. The monoisotopic (exact) mass is 422 g/mol. The van der Waals surface area contributed by atoms with Gasteiger partial charge in [-0.25, -0.2) is 4.98 Å². The second-order valence-corrected chi connectivity index (χ2v) is 8.49. The van der Waals surface area contributed by atoms with E-state index in [1.165, 1.54) is 4.68 Å². The zero-order valence-electron chi connectivity index (χ0n) is 17.9. The molecule has 7 nitrogen and oxygen atoms in total. The average Bonchev–Trinajstić information content (AvgIpc) is 3.51. The Morgan fingerprint density at radius 1 is 0.969 bits per heavy atom. The maximum Gasteiger partial charge on any atom is 0.281 e. The molecular formula is C25H22N6O. The number of benzene rings is 2. The molecule has 0 bridgehead atoms. The van der Waals surface area contributed by atoms with Crippen LogP contribution in [0.1, 0.15) is 18.4 Å². The van der Waals surface area contributed by atoms with E-state index in [0.29, 0.717) is 28.3 Å². The Morgan fingerprint density at radius 3 is 2.53 bits per heavy atom. The van der Waals surface area contributed by atoms with Gasteiger partial charge in [0.1, 0.15) is 16.9 Å². The number of nitrogens with one attached hydrogen (secondary N) is 1. The van der Waals surface area contributed by atoms with E-state index in [-0.39, 0.29) is 5.56 Å². The van der Waals surface area contributed by atoms with Crippen LogP contribution in [0.25, 0.3) is 38.8 Å². The van der Waals surface area contributed by atoms with E-state index >= 15 is 0 Å². The predicted octanol–water partition coefficient (Wildman–Crippen LogP) is 4.22. The van der Waals surface area contributed by atoms with Crippen LogP contribution in [-0.2, 0) is 7.05 Å². The number of nitrogens with zero attached hydrogens (tertiary/aromatic N) is 5. The van der Waals surface area contributed by atoms with Gasteiger partial charge in [0.2, 0.25) is 0 Å². The summed E-state index contributed by atoms with van der Waals surface area (Å²) in [5.74, 6) is 0.782. The molecule has 0 spiro atoms. The number of anilines is 1. The maximum atomic E-state index is 13.8. The van der Waals surface area contributed by atoms with Crippen LogP contribution in [0.5, 0.6) is 0 Å². The maximum absolute atomic E-state index is 13.8. The first kappa shape index (κ1) is 18.7. The Hall–Kier alpha value is -4.00. The van der Waals surface area contributed by atoms with Crippen LogP contribution in [0.3, 0.4) is 0 Å². The van der Waals surface area contributed by atoms with Gasteiger partial charge in [-0.3, -0.25) is 9.48 Å². The molecule has 2 aromatic carbocycles. The van der Waals surface area contributed by atoms with Crippen LogP contribution in [0, 0.1) is 6.92 Å². The van der Waals surface area contributed by atoms with Crippen LogP contribution in [0.2, 0.25) is 0 Å². The van der Waals surface area contributed by atoms with Crippen molar-refractivity contribution in [2.24, 2.45) is 7.05 Å². The van der Waals surface area contributed by atoms with Crippen molar-refractivity contribution in [3.05, 3.63) is 76.7 Å². The Balaban J connectivity index is 1.61. The van der Waals surface area contributed by atoms with Gasteiger partial charge in [-0.2, -0.15) is 14.9 Å². The fraction of sp³-hybridized carbons (Fsp3) is 0.200. The molecule has 0 amide bonds. The lowest BCUT2D eigenvalue weighted by Crippen LogP contribution is -2.23. The standard InChI is InChI=1S/C25H22N6O/c1-15-3-5-16(6-4-15)23-24-21(11-12-22(27-24)26-18-7-8-18)29-31(25(23)32)19-9-10-20-17(13-19)14-30(2)28-20/h3-6,9-14,18H,7-8H2,1-2H3,(H,26,27). The lowest BCUT2D eigenvalue weighted by atomic mass is 10.0. The summed E-state index contributed by atoms with van der Waals surface area (Å²) in [7, 11) is 1.88. The van der Waals surface area contributed by atoms with Crippen LogP contribution in [0.4, 0.5) is 5.82 Å². The fourth-order valence-corrected chi connectivity index (χ4v) is 4.02. The van der Waals surface area contributed by atoms with E-state index < -0.39 is 0 Å². The van der Waals surface area contributed by atoms with Gasteiger partial charge in [0.25, 0.3) is 5.56 Å². The molecule has 0 aliphatic heterocycles. The summed E-state index contributed by atoms with van der Waals surface area (Å²) in [5.41, 5.74) is 5.20. The summed E-state index contributed by atoms with van der Waals surface area (Å²) in [6.45, 7) is 2.03. The Bertz CT molecular complexity index is 1540. The van der Waals surface area contributed by atoms with Gasteiger partial charge in [0, 0.05) is 24.7 Å². The highest BCUT2D eigenvalue weighted by atomic mass is 16.1. The lowest BCUT2D eigenvalue weighted by Gasteiger charge is -2.12. The van der Waals surface area contributed by atoms with E-state index in [2.05, 4.69) is 15.5 Å². The second-order valence-electron chi connectivity index (χ2n) is 8.49. The summed E-state index contributed by atoms with van der Waals surface area (Å²) in [6, 6.07) is 18.1. The number of aryl methyl sites for hydroxylation is 2. The van der Waals surface area contributed by atoms with Crippen molar-refractivity contribution < 1.29 is 0 Å². The van der Waals surface area contributed by atoms with Crippen molar-refractivity contribution >= 4 is 27.8 Å². The van der Waals surface area contributed by atoms with E-state index in [1.54, 1.807) is 4.68 Å². The molecule has 1 aliphatic rings. The third kappa shape index (κ3) is 3.22. The average molecular weight is 422 g/mol. The number of rotatable bonds is 4. The highest BCUT2D eigenvalue weighted by Crippen LogP contribution is 2.28. The summed E-state index contributed by atoms with van der Waals surface area (Å²) >= 11 is 0. The van der Waals surface area contributed by atoms with Gasteiger partial charge >= 0.3 is 0 Å². The lowest BCUT2D eigenvalue weighted by molar-refractivity contribution is 0.780. The van der Waals surface area contributed by atoms with Crippen LogP contribution < -0.4 is 10.9 Å². The first-order valence-corrected chi connectivity index (χ1v) is 10.8. The van der Waals surface area contributed by atoms with Crippen molar-refractivity contribution in [3.8, 4) is 16.8 Å². The summed E-state index contributed by atoms with van der Waals surface area (Å²) < 4.78 is 3.24. The van der Waals surface area contributed by atoms with E-state index in [0.717, 1.165) is 40.7 Å². The Kier molecular flexibility index (Phi) is 4.11. The Labute approximate surface area is 184 Å². The van der Waals surface area contributed by atoms with Crippen LogP contribution >= 0.6 is 0 Å². The quantitative estimate of drug-likeness (QED) is 0.469. The minimum atomic E-state index is -0.194. The van der Waals surface area contributed by atoms with Gasteiger partial charge < -0.3 is 5.32 Å². The molecular weight excluding hydrogens is 400 g/mol. The molecule has 1 saturated carbocycles. The van der Waals surface area contributed by atoms with Crippen LogP contribution in [-0.4, -0.2) is 30.6 Å². The minimum absolute atomic E-state index is 0.194.